The Hall–Kier alpha value is -0.0800. The highest BCUT2D eigenvalue weighted by Gasteiger charge is 2.33. The summed E-state index contributed by atoms with van der Waals surface area (Å²) >= 11 is 0. The zero-order chi connectivity index (χ0) is 6.15. The van der Waals surface area contributed by atoms with Gasteiger partial charge in [-0.15, -0.1) is 0 Å². The normalized spacial score (nSPS) is 46.1. The molecule has 0 spiro atoms. The monoisotopic (exact) mass is 115 g/mol. The summed E-state index contributed by atoms with van der Waals surface area (Å²) in [5, 5.41) is 3.28. The topological polar surface area (TPSA) is 21.3 Å². The van der Waals surface area contributed by atoms with E-state index >= 15 is 0 Å². The maximum atomic E-state index is 5.15. The summed E-state index contributed by atoms with van der Waals surface area (Å²) in [5.74, 6) is 0. The molecule has 1 saturated heterocycles. The Bertz CT molecular complexity index is 76.6. The van der Waals surface area contributed by atoms with E-state index in [2.05, 4.69) is 19.2 Å². The van der Waals surface area contributed by atoms with E-state index in [-0.39, 0.29) is 0 Å². The Morgan fingerprint density at radius 2 is 1.75 bits per heavy atom. The smallest absolute Gasteiger partial charge is 0.0871 e. The fourth-order valence-electron chi connectivity index (χ4n) is 1.33. The summed E-state index contributed by atoms with van der Waals surface area (Å²) in [6.45, 7) is 4.27. The average molecular weight is 115 g/mol. The molecule has 1 heterocycles. The summed E-state index contributed by atoms with van der Waals surface area (Å²) in [5.41, 5.74) is 0. The van der Waals surface area contributed by atoms with Crippen LogP contribution < -0.4 is 5.32 Å². The number of ether oxygens (including phenoxy) is 1. The second-order valence-corrected chi connectivity index (χ2v) is 2.44. The van der Waals surface area contributed by atoms with E-state index in [4.69, 9.17) is 4.74 Å². The van der Waals surface area contributed by atoms with Crippen LogP contribution in [-0.4, -0.2) is 25.3 Å². The summed E-state index contributed by atoms with van der Waals surface area (Å²) in [6.07, 6.45) is 0.440. The van der Waals surface area contributed by atoms with Crippen molar-refractivity contribution >= 4 is 0 Å². The first-order valence-corrected chi connectivity index (χ1v) is 3.04. The number of rotatable bonds is 1. The van der Waals surface area contributed by atoms with Crippen molar-refractivity contribution in [3.8, 4) is 0 Å². The summed E-state index contributed by atoms with van der Waals surface area (Å²) in [6, 6.07) is 1.10. The van der Waals surface area contributed by atoms with Gasteiger partial charge in [-0.2, -0.15) is 0 Å². The highest BCUT2D eigenvalue weighted by Crippen LogP contribution is 2.13. The Labute approximate surface area is 50.2 Å². The molecule has 2 unspecified atom stereocenters. The number of nitrogens with one attached hydrogen (secondary N) is 1. The van der Waals surface area contributed by atoms with Crippen LogP contribution in [-0.2, 0) is 4.74 Å². The van der Waals surface area contributed by atoms with Crippen molar-refractivity contribution in [1.82, 2.24) is 5.32 Å². The molecule has 0 aromatic carbocycles. The molecule has 0 aromatic heterocycles. The summed E-state index contributed by atoms with van der Waals surface area (Å²) in [7, 11) is 1.76. The van der Waals surface area contributed by atoms with Crippen LogP contribution in [0.1, 0.15) is 13.8 Å². The minimum atomic E-state index is 0.440. The van der Waals surface area contributed by atoms with Crippen LogP contribution in [0.2, 0.25) is 0 Å². The lowest BCUT2D eigenvalue weighted by Gasteiger charge is -2.41. The minimum absolute atomic E-state index is 0.440. The first-order valence-electron chi connectivity index (χ1n) is 3.04. The molecular weight excluding hydrogens is 102 g/mol. The SMILES string of the molecule is COC1C(C)NC1C. The lowest BCUT2D eigenvalue weighted by Crippen LogP contribution is -2.63. The Morgan fingerprint density at radius 3 is 1.88 bits per heavy atom. The molecule has 2 atom stereocenters. The van der Waals surface area contributed by atoms with E-state index in [1.54, 1.807) is 7.11 Å². The Morgan fingerprint density at radius 1 is 1.25 bits per heavy atom. The molecule has 0 aliphatic carbocycles. The van der Waals surface area contributed by atoms with Gasteiger partial charge < -0.3 is 10.1 Å². The first-order chi connectivity index (χ1) is 3.75. The molecule has 8 heavy (non-hydrogen) atoms. The van der Waals surface area contributed by atoms with Crippen molar-refractivity contribution < 1.29 is 4.74 Å². The molecule has 0 amide bonds. The van der Waals surface area contributed by atoms with E-state index in [9.17, 15) is 0 Å². The van der Waals surface area contributed by atoms with Gasteiger partial charge in [0.05, 0.1) is 6.10 Å². The number of hydrogen-bond acceptors (Lipinski definition) is 2. The molecular formula is C6H13NO. The molecule has 1 aliphatic rings. The third-order valence-electron chi connectivity index (χ3n) is 1.78. The standard InChI is InChI=1S/C6H13NO/c1-4-6(8-3)5(2)7-4/h4-7H,1-3H3. The third-order valence-corrected chi connectivity index (χ3v) is 1.78. The molecule has 0 saturated carbocycles. The molecule has 0 bridgehead atoms. The fourth-order valence-corrected chi connectivity index (χ4v) is 1.33. The van der Waals surface area contributed by atoms with Gasteiger partial charge in [0.1, 0.15) is 0 Å². The van der Waals surface area contributed by atoms with E-state index in [0.717, 1.165) is 0 Å². The van der Waals surface area contributed by atoms with Crippen molar-refractivity contribution in [1.29, 1.82) is 0 Å². The highest BCUT2D eigenvalue weighted by atomic mass is 16.5. The Kier molecular flexibility index (Phi) is 1.54. The third kappa shape index (κ3) is 0.740. The molecule has 1 rings (SSSR count). The second kappa shape index (κ2) is 2.03. The average Bonchev–Trinajstić information content (AvgIpc) is 1.67. The van der Waals surface area contributed by atoms with Gasteiger partial charge in [-0.05, 0) is 13.8 Å². The molecule has 1 N–H and O–H groups in total. The van der Waals surface area contributed by atoms with Gasteiger partial charge in [-0.25, -0.2) is 0 Å². The van der Waals surface area contributed by atoms with Crippen LogP contribution in [0, 0.1) is 0 Å². The largest absolute Gasteiger partial charge is 0.378 e. The lowest BCUT2D eigenvalue weighted by molar-refractivity contribution is -0.0143. The van der Waals surface area contributed by atoms with Gasteiger partial charge in [0, 0.05) is 19.2 Å². The van der Waals surface area contributed by atoms with Crippen LogP contribution in [0.25, 0.3) is 0 Å². The molecule has 0 aromatic rings. The Balaban J connectivity index is 2.29. The number of methoxy groups -OCH3 is 1. The van der Waals surface area contributed by atoms with Crippen molar-refractivity contribution in [3.63, 3.8) is 0 Å². The molecule has 1 aliphatic heterocycles. The predicted molar refractivity (Wildman–Crippen MR) is 32.9 cm³/mol. The van der Waals surface area contributed by atoms with E-state index in [1.807, 2.05) is 0 Å². The maximum absolute atomic E-state index is 5.15. The van der Waals surface area contributed by atoms with E-state index in [0.29, 0.717) is 18.2 Å². The van der Waals surface area contributed by atoms with Gasteiger partial charge in [0.2, 0.25) is 0 Å². The molecule has 2 nitrogen and oxygen atoms in total. The van der Waals surface area contributed by atoms with Crippen molar-refractivity contribution in [3.05, 3.63) is 0 Å². The van der Waals surface area contributed by atoms with Crippen molar-refractivity contribution in [2.45, 2.75) is 32.0 Å². The van der Waals surface area contributed by atoms with Gasteiger partial charge in [-0.1, -0.05) is 0 Å². The second-order valence-electron chi connectivity index (χ2n) is 2.44. The first kappa shape index (κ1) is 6.05. The van der Waals surface area contributed by atoms with Crippen molar-refractivity contribution in [2.75, 3.05) is 7.11 Å². The van der Waals surface area contributed by atoms with Gasteiger partial charge in [-0.3, -0.25) is 0 Å². The molecule has 48 valence electrons. The zero-order valence-corrected chi connectivity index (χ0v) is 5.64. The minimum Gasteiger partial charge on any atom is -0.378 e. The number of hydrogen-bond donors (Lipinski definition) is 1. The zero-order valence-electron chi connectivity index (χ0n) is 5.64. The molecule has 0 radical (unpaired) electrons. The van der Waals surface area contributed by atoms with Crippen molar-refractivity contribution in [2.24, 2.45) is 0 Å². The fraction of sp³-hybridized carbons (Fsp3) is 1.00. The molecule has 2 heteroatoms. The lowest BCUT2D eigenvalue weighted by atomic mass is 9.96. The summed E-state index contributed by atoms with van der Waals surface area (Å²) in [4.78, 5) is 0. The predicted octanol–water partition coefficient (Wildman–Crippen LogP) is 0.382. The highest BCUT2D eigenvalue weighted by molar-refractivity contribution is 4.93. The van der Waals surface area contributed by atoms with Gasteiger partial charge in [0.25, 0.3) is 0 Å². The van der Waals surface area contributed by atoms with E-state index < -0.39 is 0 Å². The van der Waals surface area contributed by atoms with Gasteiger partial charge >= 0.3 is 0 Å². The van der Waals surface area contributed by atoms with Crippen LogP contribution in [0.3, 0.4) is 0 Å². The van der Waals surface area contributed by atoms with Crippen LogP contribution in [0.4, 0.5) is 0 Å². The quantitative estimate of drug-likeness (QED) is 0.533. The van der Waals surface area contributed by atoms with Crippen LogP contribution in [0.15, 0.2) is 0 Å². The van der Waals surface area contributed by atoms with Crippen LogP contribution >= 0.6 is 0 Å². The van der Waals surface area contributed by atoms with Crippen LogP contribution in [0.5, 0.6) is 0 Å². The van der Waals surface area contributed by atoms with E-state index in [1.165, 1.54) is 0 Å². The molecule has 1 fully saturated rings. The van der Waals surface area contributed by atoms with Gasteiger partial charge in [0.15, 0.2) is 0 Å². The maximum Gasteiger partial charge on any atom is 0.0871 e. The summed E-state index contributed by atoms with van der Waals surface area (Å²) < 4.78 is 5.15.